The summed E-state index contributed by atoms with van der Waals surface area (Å²) in [5, 5.41) is 8.62. The molecule has 0 N–H and O–H groups in total. The lowest BCUT2D eigenvalue weighted by Crippen LogP contribution is -2.26. The largest absolute Gasteiger partial charge is 0.312 e. The predicted octanol–water partition coefficient (Wildman–Crippen LogP) is 1.47. The van der Waals surface area contributed by atoms with Gasteiger partial charge in [-0.2, -0.15) is 0 Å². The van der Waals surface area contributed by atoms with Gasteiger partial charge in [0.25, 0.3) is 0 Å². The van der Waals surface area contributed by atoms with Gasteiger partial charge in [0.2, 0.25) is 0 Å². The minimum atomic E-state index is -2.80. The van der Waals surface area contributed by atoms with E-state index in [0.717, 1.165) is 18.1 Å². The molecule has 3 rings (SSSR count). The highest BCUT2D eigenvalue weighted by Crippen LogP contribution is 2.33. The zero-order valence-electron chi connectivity index (χ0n) is 10.7. The highest BCUT2D eigenvalue weighted by Gasteiger charge is 2.31. The maximum atomic E-state index is 11.5. The Kier molecular flexibility index (Phi) is 2.92. The lowest BCUT2D eigenvalue weighted by molar-refractivity contribution is 0.397. The molecule has 1 atom stereocenters. The summed E-state index contributed by atoms with van der Waals surface area (Å²) in [7, 11) is -2.80. The van der Waals surface area contributed by atoms with Crippen LogP contribution in [0.4, 0.5) is 0 Å². The van der Waals surface area contributed by atoms with E-state index in [2.05, 4.69) is 21.7 Å². The van der Waals surface area contributed by atoms with Crippen molar-refractivity contribution < 1.29 is 8.42 Å². The second-order valence-electron chi connectivity index (χ2n) is 5.51. The predicted molar refractivity (Wildman–Crippen MR) is 68.3 cm³/mol. The van der Waals surface area contributed by atoms with Crippen molar-refractivity contribution in [3.63, 3.8) is 0 Å². The van der Waals surface area contributed by atoms with Crippen LogP contribution in [-0.4, -0.2) is 34.7 Å². The van der Waals surface area contributed by atoms with Crippen LogP contribution in [0.15, 0.2) is 0 Å². The molecule has 5 nitrogen and oxygen atoms in total. The third-order valence-electron chi connectivity index (χ3n) is 4.18. The molecular formula is C12H19N3O2S. The Morgan fingerprint density at radius 2 is 1.89 bits per heavy atom. The van der Waals surface area contributed by atoms with Crippen LogP contribution in [0, 0.1) is 0 Å². The number of nitrogens with zero attached hydrogens (tertiary/aromatic N) is 3. The molecule has 0 bridgehead atoms. The number of aryl methyl sites for hydroxylation is 1. The summed E-state index contributed by atoms with van der Waals surface area (Å²) in [5.74, 6) is 2.97. The molecule has 100 valence electrons. The van der Waals surface area contributed by atoms with Gasteiger partial charge in [0.1, 0.15) is 21.5 Å². The fourth-order valence-corrected chi connectivity index (χ4v) is 4.59. The van der Waals surface area contributed by atoms with Gasteiger partial charge in [-0.25, -0.2) is 8.42 Å². The number of sulfone groups is 1. The van der Waals surface area contributed by atoms with E-state index in [1.54, 1.807) is 0 Å². The summed E-state index contributed by atoms with van der Waals surface area (Å²) in [6.07, 6.45) is 4.75. The van der Waals surface area contributed by atoms with Gasteiger partial charge < -0.3 is 4.57 Å². The molecule has 3 heterocycles. The average Bonchev–Trinajstić information content (AvgIpc) is 2.74. The first-order chi connectivity index (χ1) is 8.57. The van der Waals surface area contributed by atoms with Crippen molar-refractivity contribution in [1.29, 1.82) is 0 Å². The van der Waals surface area contributed by atoms with Gasteiger partial charge in [0.05, 0.1) is 11.5 Å². The highest BCUT2D eigenvalue weighted by atomic mass is 32.2. The molecule has 0 amide bonds. The molecule has 1 aromatic rings. The highest BCUT2D eigenvalue weighted by molar-refractivity contribution is 7.91. The van der Waals surface area contributed by atoms with Crippen LogP contribution < -0.4 is 0 Å². The van der Waals surface area contributed by atoms with Gasteiger partial charge in [-0.3, -0.25) is 0 Å². The molecule has 1 saturated heterocycles. The minimum absolute atomic E-state index is 0.273. The minimum Gasteiger partial charge on any atom is -0.312 e. The number of hydrogen-bond donors (Lipinski definition) is 0. The monoisotopic (exact) mass is 269 g/mol. The Labute approximate surface area is 108 Å². The topological polar surface area (TPSA) is 64.8 Å². The van der Waals surface area contributed by atoms with E-state index in [9.17, 15) is 8.42 Å². The molecule has 0 radical (unpaired) electrons. The molecule has 1 aromatic heterocycles. The Morgan fingerprint density at radius 3 is 2.61 bits per heavy atom. The summed E-state index contributed by atoms with van der Waals surface area (Å²) in [5.41, 5.74) is 0. The quantitative estimate of drug-likeness (QED) is 0.774. The summed E-state index contributed by atoms with van der Waals surface area (Å²) >= 11 is 0. The molecule has 1 fully saturated rings. The lowest BCUT2D eigenvalue weighted by atomic mass is 9.99. The number of rotatable bonds is 1. The first kappa shape index (κ1) is 12.1. The fraction of sp³-hybridized carbons (Fsp3) is 0.833. The van der Waals surface area contributed by atoms with E-state index in [1.807, 2.05) is 0 Å². The van der Waals surface area contributed by atoms with Gasteiger partial charge >= 0.3 is 0 Å². The molecule has 1 unspecified atom stereocenters. The molecule has 0 aromatic carbocycles. The van der Waals surface area contributed by atoms with Crippen molar-refractivity contribution in [3.8, 4) is 0 Å². The summed E-state index contributed by atoms with van der Waals surface area (Å²) in [4.78, 5) is 0. The lowest BCUT2D eigenvalue weighted by Gasteiger charge is -2.27. The fourth-order valence-electron chi connectivity index (χ4n) is 3.10. The van der Waals surface area contributed by atoms with E-state index in [4.69, 9.17) is 0 Å². The first-order valence-corrected chi connectivity index (χ1v) is 8.53. The third kappa shape index (κ3) is 2.06. The van der Waals surface area contributed by atoms with Crippen LogP contribution in [0.2, 0.25) is 0 Å². The van der Waals surface area contributed by atoms with Crippen LogP contribution in [0.1, 0.15) is 56.2 Å². The van der Waals surface area contributed by atoms with E-state index in [0.29, 0.717) is 30.4 Å². The molecule has 18 heavy (non-hydrogen) atoms. The van der Waals surface area contributed by atoms with Gasteiger partial charge in [-0.1, -0.05) is 0 Å². The summed E-state index contributed by atoms with van der Waals surface area (Å²) in [6, 6.07) is 0.456. The van der Waals surface area contributed by atoms with Gasteiger partial charge in [-0.05, 0) is 32.6 Å². The third-order valence-corrected chi connectivity index (χ3v) is 5.89. The molecular weight excluding hydrogens is 250 g/mol. The van der Waals surface area contributed by atoms with Crippen LogP contribution in [0.5, 0.6) is 0 Å². The maximum absolute atomic E-state index is 11.5. The number of hydrogen-bond acceptors (Lipinski definition) is 4. The van der Waals surface area contributed by atoms with E-state index >= 15 is 0 Å². The first-order valence-electron chi connectivity index (χ1n) is 6.71. The summed E-state index contributed by atoms with van der Waals surface area (Å²) in [6.45, 7) is 2.20. The van der Waals surface area contributed by atoms with E-state index in [1.165, 1.54) is 12.8 Å². The molecule has 0 saturated carbocycles. The van der Waals surface area contributed by atoms with Crippen molar-refractivity contribution in [2.75, 3.05) is 11.5 Å². The van der Waals surface area contributed by atoms with Crippen molar-refractivity contribution >= 4 is 9.84 Å². The van der Waals surface area contributed by atoms with Gasteiger partial charge in [-0.15, -0.1) is 10.2 Å². The van der Waals surface area contributed by atoms with Crippen molar-refractivity contribution in [3.05, 3.63) is 11.6 Å². The van der Waals surface area contributed by atoms with Gasteiger partial charge in [0.15, 0.2) is 0 Å². The Bertz CT molecular complexity index is 536. The second-order valence-corrected chi connectivity index (χ2v) is 7.82. The summed E-state index contributed by atoms with van der Waals surface area (Å²) < 4.78 is 25.2. The molecule has 0 spiro atoms. The van der Waals surface area contributed by atoms with Crippen molar-refractivity contribution in [2.24, 2.45) is 0 Å². The Morgan fingerprint density at radius 1 is 1.17 bits per heavy atom. The van der Waals surface area contributed by atoms with E-state index < -0.39 is 9.84 Å². The standard InChI is InChI=1S/C12H19N3O2S/c1-9-3-2-4-11-13-14-12(15(9)11)10-5-7-18(16,17)8-6-10/h9-10H,2-8H2,1H3. The molecule has 0 aliphatic carbocycles. The molecule has 6 heteroatoms. The zero-order valence-corrected chi connectivity index (χ0v) is 11.5. The Hall–Kier alpha value is -0.910. The zero-order chi connectivity index (χ0) is 12.8. The molecule has 2 aliphatic heterocycles. The second kappa shape index (κ2) is 4.33. The Balaban J connectivity index is 1.88. The average molecular weight is 269 g/mol. The van der Waals surface area contributed by atoms with E-state index in [-0.39, 0.29) is 5.92 Å². The SMILES string of the molecule is CC1CCCc2nnc(C3CCS(=O)(=O)CC3)n21. The van der Waals surface area contributed by atoms with Gasteiger partial charge in [0, 0.05) is 18.4 Å². The van der Waals surface area contributed by atoms with Crippen molar-refractivity contribution in [1.82, 2.24) is 14.8 Å². The normalized spacial score (nSPS) is 27.9. The number of fused-ring (bicyclic) bond motifs is 1. The van der Waals surface area contributed by atoms with Crippen LogP contribution in [0.3, 0.4) is 0 Å². The van der Waals surface area contributed by atoms with Crippen LogP contribution >= 0.6 is 0 Å². The van der Waals surface area contributed by atoms with Crippen molar-refractivity contribution in [2.45, 2.75) is 51.0 Å². The smallest absolute Gasteiger partial charge is 0.150 e. The maximum Gasteiger partial charge on any atom is 0.150 e. The molecule has 2 aliphatic rings. The number of aromatic nitrogens is 3. The van der Waals surface area contributed by atoms with Crippen LogP contribution in [0.25, 0.3) is 0 Å². The van der Waals surface area contributed by atoms with Crippen LogP contribution in [-0.2, 0) is 16.3 Å².